The van der Waals surface area contributed by atoms with E-state index in [0.717, 1.165) is 0 Å². The van der Waals surface area contributed by atoms with Crippen molar-refractivity contribution in [2.45, 2.75) is 57.0 Å². The van der Waals surface area contributed by atoms with Crippen LogP contribution in [0, 0.1) is 0 Å². The number of hydrogen-bond acceptors (Lipinski definition) is 7. The largest absolute Gasteiger partial charge is 0.452 e. The fraction of sp³-hybridized carbons (Fsp3) is 0.609. The van der Waals surface area contributed by atoms with Crippen LogP contribution in [0.25, 0.3) is 0 Å². The molecule has 32 heavy (non-hydrogen) atoms. The highest BCUT2D eigenvalue weighted by molar-refractivity contribution is 8.00. The molecule has 0 spiro atoms. The zero-order valence-electron chi connectivity index (χ0n) is 19.1. The first-order chi connectivity index (χ1) is 15.2. The Morgan fingerprint density at radius 1 is 0.875 bits per heavy atom. The third kappa shape index (κ3) is 6.70. The van der Waals surface area contributed by atoms with Crippen molar-refractivity contribution in [2.24, 2.45) is 0 Å². The lowest BCUT2D eigenvalue weighted by Crippen LogP contribution is -2.49. The molecule has 2 fully saturated rings. The van der Waals surface area contributed by atoms with E-state index < -0.39 is 5.97 Å². The molecule has 4 atom stereocenters. The predicted molar refractivity (Wildman–Crippen MR) is 121 cm³/mol. The lowest BCUT2D eigenvalue weighted by molar-refractivity contribution is -0.146. The number of nitrogens with zero attached hydrogens (tertiary/aromatic N) is 2. The summed E-state index contributed by atoms with van der Waals surface area (Å²) in [6.45, 7) is 9.50. The number of morpholine rings is 2. The van der Waals surface area contributed by atoms with E-state index in [1.165, 1.54) is 11.8 Å². The van der Waals surface area contributed by atoms with Gasteiger partial charge in [0.25, 0.3) is 5.91 Å². The molecule has 2 aliphatic heterocycles. The molecule has 2 heterocycles. The van der Waals surface area contributed by atoms with Crippen LogP contribution in [0.5, 0.6) is 0 Å². The van der Waals surface area contributed by atoms with Gasteiger partial charge in [0.05, 0.1) is 35.7 Å². The SMILES string of the molecule is C[C@@H]1CN(C(=O)COC(=O)c2ccccc2SCC(=O)N2C[C@@H](C)O[C@@H](C)C2)C[C@H](C)O1. The van der Waals surface area contributed by atoms with Crippen LogP contribution >= 0.6 is 11.8 Å². The van der Waals surface area contributed by atoms with Crippen molar-refractivity contribution in [2.75, 3.05) is 38.5 Å². The molecule has 2 saturated heterocycles. The van der Waals surface area contributed by atoms with Gasteiger partial charge < -0.3 is 24.0 Å². The molecule has 3 rings (SSSR count). The van der Waals surface area contributed by atoms with E-state index >= 15 is 0 Å². The van der Waals surface area contributed by atoms with Gasteiger partial charge in [0, 0.05) is 31.1 Å². The van der Waals surface area contributed by atoms with Crippen molar-refractivity contribution in [1.29, 1.82) is 0 Å². The molecular formula is C23H32N2O6S. The van der Waals surface area contributed by atoms with Crippen LogP contribution < -0.4 is 0 Å². The average Bonchev–Trinajstić information content (AvgIpc) is 2.74. The number of ether oxygens (including phenoxy) is 3. The normalized spacial score (nSPS) is 26.0. The first kappa shape index (κ1) is 24.5. The van der Waals surface area contributed by atoms with Crippen LogP contribution in [0.2, 0.25) is 0 Å². The maximum Gasteiger partial charge on any atom is 0.339 e. The van der Waals surface area contributed by atoms with Gasteiger partial charge in [-0.15, -0.1) is 11.8 Å². The molecule has 0 bridgehead atoms. The summed E-state index contributed by atoms with van der Waals surface area (Å²) in [5.41, 5.74) is 0.352. The summed E-state index contributed by atoms with van der Waals surface area (Å²) in [6.07, 6.45) is -0.0918. The Hall–Kier alpha value is -2.10. The van der Waals surface area contributed by atoms with Crippen LogP contribution in [0.3, 0.4) is 0 Å². The minimum Gasteiger partial charge on any atom is -0.452 e. The predicted octanol–water partition coefficient (Wildman–Crippen LogP) is 2.21. The van der Waals surface area contributed by atoms with E-state index in [1.54, 1.807) is 28.0 Å². The molecule has 1 aromatic rings. The van der Waals surface area contributed by atoms with Crippen LogP contribution in [0.4, 0.5) is 0 Å². The van der Waals surface area contributed by atoms with Gasteiger partial charge in [-0.3, -0.25) is 9.59 Å². The number of hydrogen-bond donors (Lipinski definition) is 0. The molecule has 0 unspecified atom stereocenters. The van der Waals surface area contributed by atoms with Crippen molar-refractivity contribution in [3.8, 4) is 0 Å². The molecule has 1 aromatic carbocycles. The highest BCUT2D eigenvalue weighted by Gasteiger charge is 2.28. The minimum absolute atomic E-state index is 0.00458. The Morgan fingerprint density at radius 3 is 1.94 bits per heavy atom. The summed E-state index contributed by atoms with van der Waals surface area (Å²) < 4.78 is 16.6. The second kappa shape index (κ2) is 11.2. The van der Waals surface area contributed by atoms with E-state index in [9.17, 15) is 14.4 Å². The van der Waals surface area contributed by atoms with E-state index in [2.05, 4.69) is 0 Å². The van der Waals surface area contributed by atoms with Gasteiger partial charge >= 0.3 is 5.97 Å². The van der Waals surface area contributed by atoms with Gasteiger partial charge in [-0.05, 0) is 39.8 Å². The summed E-state index contributed by atoms with van der Waals surface area (Å²) in [7, 11) is 0. The molecule has 0 N–H and O–H groups in total. The molecular weight excluding hydrogens is 432 g/mol. The Kier molecular flexibility index (Phi) is 8.56. The number of amides is 2. The van der Waals surface area contributed by atoms with E-state index in [4.69, 9.17) is 14.2 Å². The molecule has 2 amide bonds. The number of esters is 1. The monoisotopic (exact) mass is 464 g/mol. The Morgan fingerprint density at radius 2 is 1.38 bits per heavy atom. The van der Waals surface area contributed by atoms with E-state index in [0.29, 0.717) is 36.6 Å². The molecule has 176 valence electrons. The van der Waals surface area contributed by atoms with Crippen LogP contribution in [-0.4, -0.2) is 90.5 Å². The Labute approximate surface area is 193 Å². The van der Waals surface area contributed by atoms with Crippen molar-refractivity contribution in [3.63, 3.8) is 0 Å². The van der Waals surface area contributed by atoms with Gasteiger partial charge in [-0.25, -0.2) is 4.79 Å². The molecule has 8 nitrogen and oxygen atoms in total. The maximum absolute atomic E-state index is 12.7. The van der Waals surface area contributed by atoms with Gasteiger partial charge in [0.1, 0.15) is 0 Å². The molecule has 0 aliphatic carbocycles. The summed E-state index contributed by atoms with van der Waals surface area (Å²) in [6, 6.07) is 6.98. The summed E-state index contributed by atoms with van der Waals surface area (Å²) >= 11 is 1.30. The molecule has 2 aliphatic rings. The lowest BCUT2D eigenvalue weighted by atomic mass is 10.2. The third-order valence-corrected chi connectivity index (χ3v) is 6.39. The topological polar surface area (TPSA) is 85.4 Å². The molecule has 0 aromatic heterocycles. The second-order valence-electron chi connectivity index (χ2n) is 8.47. The third-order valence-electron chi connectivity index (χ3n) is 5.33. The van der Waals surface area contributed by atoms with Gasteiger partial charge in [0.15, 0.2) is 6.61 Å². The Bertz CT molecular complexity index is 814. The van der Waals surface area contributed by atoms with E-state index in [-0.39, 0.29) is 48.6 Å². The average molecular weight is 465 g/mol. The lowest BCUT2D eigenvalue weighted by Gasteiger charge is -2.35. The summed E-state index contributed by atoms with van der Waals surface area (Å²) in [5, 5.41) is 0. The maximum atomic E-state index is 12.7. The van der Waals surface area contributed by atoms with Crippen LogP contribution in [0.1, 0.15) is 38.1 Å². The number of benzene rings is 1. The smallest absolute Gasteiger partial charge is 0.339 e. The highest BCUT2D eigenvalue weighted by atomic mass is 32.2. The van der Waals surface area contributed by atoms with Gasteiger partial charge in [0.2, 0.25) is 5.91 Å². The van der Waals surface area contributed by atoms with E-state index in [1.807, 2.05) is 33.8 Å². The summed E-state index contributed by atoms with van der Waals surface area (Å²) in [5.74, 6) is -0.592. The highest BCUT2D eigenvalue weighted by Crippen LogP contribution is 2.24. The number of carbonyl (C=O) groups excluding carboxylic acids is 3. The van der Waals surface area contributed by atoms with Gasteiger partial charge in [-0.1, -0.05) is 12.1 Å². The molecule has 0 radical (unpaired) electrons. The summed E-state index contributed by atoms with van der Waals surface area (Å²) in [4.78, 5) is 41.9. The number of rotatable bonds is 6. The van der Waals surface area contributed by atoms with Crippen molar-refractivity contribution < 1.29 is 28.6 Å². The van der Waals surface area contributed by atoms with Gasteiger partial charge in [-0.2, -0.15) is 0 Å². The van der Waals surface area contributed by atoms with Crippen molar-refractivity contribution in [3.05, 3.63) is 29.8 Å². The molecule has 9 heteroatoms. The van der Waals surface area contributed by atoms with Crippen LogP contribution in [0.15, 0.2) is 29.2 Å². The Balaban J connectivity index is 1.54. The fourth-order valence-electron chi connectivity index (χ4n) is 4.05. The fourth-order valence-corrected chi connectivity index (χ4v) is 4.99. The number of carbonyl (C=O) groups is 3. The second-order valence-corrected chi connectivity index (χ2v) is 9.49. The first-order valence-electron chi connectivity index (χ1n) is 11.0. The minimum atomic E-state index is -0.572. The van der Waals surface area contributed by atoms with Crippen LogP contribution in [-0.2, 0) is 23.8 Å². The quantitative estimate of drug-likeness (QED) is 0.471. The van der Waals surface area contributed by atoms with Crippen molar-refractivity contribution >= 4 is 29.5 Å². The molecule has 0 saturated carbocycles. The standard InChI is InChI=1S/C23H32N2O6S/c1-15-9-24(10-16(2)30-15)21(26)13-29-23(28)19-7-5-6-8-20(19)32-14-22(27)25-11-17(3)31-18(4)12-25/h5-8,15-18H,9-14H2,1-4H3/t15-,16+,17-,18+. The number of thioether (sulfide) groups is 1. The van der Waals surface area contributed by atoms with Crippen molar-refractivity contribution in [1.82, 2.24) is 9.80 Å². The zero-order valence-corrected chi connectivity index (χ0v) is 19.9. The zero-order chi connectivity index (χ0) is 23.3. The first-order valence-corrected chi connectivity index (χ1v) is 12.0.